The van der Waals surface area contributed by atoms with Crippen LogP contribution < -0.4 is 0 Å². The topological polar surface area (TPSA) is 93.9 Å². The van der Waals surface area contributed by atoms with Gasteiger partial charge in [0.2, 0.25) is 5.89 Å². The van der Waals surface area contributed by atoms with Crippen molar-refractivity contribution in [3.8, 4) is 17.5 Å². The van der Waals surface area contributed by atoms with E-state index in [4.69, 9.17) is 9.15 Å². The number of carbonyl (C=O) groups is 1. The summed E-state index contributed by atoms with van der Waals surface area (Å²) in [6.07, 6.45) is 2.56. The third-order valence-corrected chi connectivity index (χ3v) is 4.51. The van der Waals surface area contributed by atoms with E-state index in [1.807, 2.05) is 56.3 Å². The summed E-state index contributed by atoms with van der Waals surface area (Å²) in [5, 5.41) is 17.2. The molecule has 0 amide bonds. The summed E-state index contributed by atoms with van der Waals surface area (Å²) in [5.74, 6) is -0.223. The minimum absolute atomic E-state index is 0.0791. The van der Waals surface area contributed by atoms with E-state index in [0.717, 1.165) is 35.5 Å². The molecule has 0 spiro atoms. The van der Waals surface area contributed by atoms with E-state index in [2.05, 4.69) is 21.7 Å². The number of carbonyl (C=O) groups excluding carboxylic acids is 1. The second kappa shape index (κ2) is 9.02. The highest BCUT2D eigenvalue weighted by atomic mass is 16.5. The van der Waals surface area contributed by atoms with Gasteiger partial charge in [0, 0.05) is 23.5 Å². The first-order chi connectivity index (χ1) is 14.0. The molecule has 2 aromatic heterocycles. The number of aromatic nitrogens is 3. The van der Waals surface area contributed by atoms with Crippen molar-refractivity contribution in [3.05, 3.63) is 64.8 Å². The van der Waals surface area contributed by atoms with Gasteiger partial charge in [-0.1, -0.05) is 25.1 Å². The molecule has 0 fully saturated rings. The Bertz CT molecular complexity index is 1070. The minimum Gasteiger partial charge on any atom is -0.451 e. The van der Waals surface area contributed by atoms with Crippen LogP contribution in [0.2, 0.25) is 0 Å². The zero-order valence-corrected chi connectivity index (χ0v) is 16.7. The molecule has 0 saturated heterocycles. The average molecular weight is 390 g/mol. The van der Waals surface area contributed by atoms with Crippen molar-refractivity contribution >= 4 is 12.0 Å². The molecule has 0 aliphatic heterocycles. The Morgan fingerprint density at radius 2 is 2.03 bits per heavy atom. The lowest BCUT2D eigenvalue weighted by Gasteiger charge is -2.07. The fraction of sp³-hybridized carbons (Fsp3) is 0.273. The number of esters is 1. The number of aryl methyl sites for hydroxylation is 1. The van der Waals surface area contributed by atoms with Gasteiger partial charge in [-0.05, 0) is 50.1 Å². The van der Waals surface area contributed by atoms with Gasteiger partial charge in [0.15, 0.2) is 6.61 Å². The van der Waals surface area contributed by atoms with Gasteiger partial charge in [0.25, 0.3) is 5.89 Å². The van der Waals surface area contributed by atoms with Gasteiger partial charge in [-0.25, -0.2) is 4.79 Å². The van der Waals surface area contributed by atoms with Gasteiger partial charge in [0.1, 0.15) is 11.6 Å². The highest BCUT2D eigenvalue weighted by Gasteiger charge is 2.16. The number of benzene rings is 1. The predicted molar refractivity (Wildman–Crippen MR) is 107 cm³/mol. The fourth-order valence-corrected chi connectivity index (χ4v) is 3.05. The highest BCUT2D eigenvalue weighted by molar-refractivity contribution is 5.98. The maximum atomic E-state index is 12.3. The van der Waals surface area contributed by atoms with Crippen LogP contribution in [0.25, 0.3) is 17.5 Å². The smallest absolute Gasteiger partial charge is 0.349 e. The van der Waals surface area contributed by atoms with Gasteiger partial charge in [-0.15, -0.1) is 10.2 Å². The summed E-state index contributed by atoms with van der Waals surface area (Å²) in [6.45, 7) is 6.77. The van der Waals surface area contributed by atoms with Crippen LogP contribution in [0, 0.1) is 25.2 Å². The molecule has 0 N–H and O–H groups in total. The van der Waals surface area contributed by atoms with E-state index < -0.39 is 5.97 Å². The second-order valence-electron chi connectivity index (χ2n) is 6.59. The predicted octanol–water partition coefficient (Wildman–Crippen LogP) is 4.22. The van der Waals surface area contributed by atoms with E-state index in [-0.39, 0.29) is 18.1 Å². The van der Waals surface area contributed by atoms with E-state index >= 15 is 0 Å². The van der Waals surface area contributed by atoms with Crippen molar-refractivity contribution in [2.24, 2.45) is 0 Å². The molecule has 0 bridgehead atoms. The molecule has 1 aromatic carbocycles. The van der Waals surface area contributed by atoms with Gasteiger partial charge in [0.05, 0.1) is 0 Å². The van der Waals surface area contributed by atoms with Crippen LogP contribution in [0.4, 0.5) is 0 Å². The van der Waals surface area contributed by atoms with Crippen molar-refractivity contribution in [2.75, 3.05) is 0 Å². The molecular weight excluding hydrogens is 368 g/mol. The Morgan fingerprint density at radius 1 is 1.28 bits per heavy atom. The largest absolute Gasteiger partial charge is 0.451 e. The molecule has 0 aliphatic carbocycles. The van der Waals surface area contributed by atoms with Gasteiger partial charge < -0.3 is 13.7 Å². The van der Waals surface area contributed by atoms with Crippen LogP contribution in [-0.4, -0.2) is 20.7 Å². The number of rotatable bonds is 7. The summed E-state index contributed by atoms with van der Waals surface area (Å²) >= 11 is 0. The van der Waals surface area contributed by atoms with Crippen molar-refractivity contribution in [2.45, 2.75) is 40.3 Å². The molecule has 148 valence electrons. The van der Waals surface area contributed by atoms with E-state index in [1.54, 1.807) is 6.08 Å². The SMILES string of the molecule is CCCn1c(C)cc(C=C(C#N)C(=O)OCc2nnc(-c3ccccc3)o2)c1C. The molecule has 0 saturated carbocycles. The third-order valence-electron chi connectivity index (χ3n) is 4.51. The summed E-state index contributed by atoms with van der Waals surface area (Å²) in [4.78, 5) is 12.3. The highest BCUT2D eigenvalue weighted by Crippen LogP contribution is 2.20. The summed E-state index contributed by atoms with van der Waals surface area (Å²) in [7, 11) is 0. The zero-order valence-electron chi connectivity index (χ0n) is 16.7. The number of hydrogen-bond acceptors (Lipinski definition) is 6. The van der Waals surface area contributed by atoms with Crippen LogP contribution in [0.5, 0.6) is 0 Å². The summed E-state index contributed by atoms with van der Waals surface area (Å²) in [6, 6.07) is 13.2. The lowest BCUT2D eigenvalue weighted by atomic mass is 10.1. The minimum atomic E-state index is -0.729. The van der Waals surface area contributed by atoms with Crippen molar-refractivity contribution < 1.29 is 13.9 Å². The first-order valence-corrected chi connectivity index (χ1v) is 9.37. The monoisotopic (exact) mass is 390 g/mol. The summed E-state index contributed by atoms with van der Waals surface area (Å²) in [5.41, 5.74) is 3.62. The average Bonchev–Trinajstić information content (AvgIpc) is 3.31. The van der Waals surface area contributed by atoms with Gasteiger partial charge in [-0.2, -0.15) is 5.26 Å². The van der Waals surface area contributed by atoms with Crippen molar-refractivity contribution in [1.82, 2.24) is 14.8 Å². The molecule has 0 radical (unpaired) electrons. The molecule has 7 heteroatoms. The number of hydrogen-bond donors (Lipinski definition) is 0. The standard InChI is InChI=1S/C22H22N4O3/c1-4-10-26-15(2)11-18(16(26)3)12-19(13-23)22(27)28-14-20-24-25-21(29-20)17-8-6-5-7-9-17/h5-9,11-12H,4,10,14H2,1-3H3. The second-order valence-corrected chi connectivity index (χ2v) is 6.59. The van der Waals surface area contributed by atoms with Crippen LogP contribution in [0.1, 0.15) is 36.2 Å². The lowest BCUT2D eigenvalue weighted by Crippen LogP contribution is -2.07. The molecule has 29 heavy (non-hydrogen) atoms. The molecule has 0 atom stereocenters. The first kappa shape index (κ1) is 20.1. The molecular formula is C22H22N4O3. The molecule has 7 nitrogen and oxygen atoms in total. The number of nitriles is 1. The quantitative estimate of drug-likeness (QED) is 0.341. The normalized spacial score (nSPS) is 11.3. The van der Waals surface area contributed by atoms with Crippen LogP contribution >= 0.6 is 0 Å². The zero-order chi connectivity index (χ0) is 20.8. The van der Waals surface area contributed by atoms with Crippen LogP contribution in [0.15, 0.2) is 46.4 Å². The van der Waals surface area contributed by atoms with E-state index in [1.165, 1.54) is 0 Å². The maximum Gasteiger partial charge on any atom is 0.349 e. The third kappa shape index (κ3) is 4.61. The Hall–Kier alpha value is -3.66. The Labute approximate surface area is 169 Å². The number of nitrogens with zero attached hydrogens (tertiary/aromatic N) is 4. The molecule has 0 unspecified atom stereocenters. The maximum absolute atomic E-state index is 12.3. The Morgan fingerprint density at radius 3 is 2.72 bits per heavy atom. The molecule has 2 heterocycles. The number of ether oxygens (including phenoxy) is 1. The Kier molecular flexibility index (Phi) is 6.25. The van der Waals surface area contributed by atoms with Gasteiger partial charge >= 0.3 is 5.97 Å². The van der Waals surface area contributed by atoms with E-state index in [0.29, 0.717) is 5.89 Å². The molecule has 0 aliphatic rings. The van der Waals surface area contributed by atoms with Crippen LogP contribution in [0.3, 0.4) is 0 Å². The lowest BCUT2D eigenvalue weighted by molar-refractivity contribution is -0.140. The summed E-state index contributed by atoms with van der Waals surface area (Å²) < 4.78 is 12.9. The molecule has 3 aromatic rings. The first-order valence-electron chi connectivity index (χ1n) is 9.37. The molecule has 3 rings (SSSR count). The van der Waals surface area contributed by atoms with Crippen molar-refractivity contribution in [1.29, 1.82) is 5.26 Å². The van der Waals surface area contributed by atoms with E-state index in [9.17, 15) is 10.1 Å². The van der Waals surface area contributed by atoms with Crippen molar-refractivity contribution in [3.63, 3.8) is 0 Å². The van der Waals surface area contributed by atoms with Crippen LogP contribution in [-0.2, 0) is 22.7 Å². The fourth-order valence-electron chi connectivity index (χ4n) is 3.05. The van der Waals surface area contributed by atoms with Gasteiger partial charge in [-0.3, -0.25) is 0 Å². The Balaban J connectivity index is 1.70.